The second-order valence-electron chi connectivity index (χ2n) is 2.95. The van der Waals surface area contributed by atoms with Crippen molar-refractivity contribution >= 4 is 40.7 Å². The highest BCUT2D eigenvalue weighted by Crippen LogP contribution is 2.42. The Labute approximate surface area is 94.0 Å². The second-order valence-corrected chi connectivity index (χ2v) is 6.35. The lowest BCUT2D eigenvalue weighted by Crippen LogP contribution is -2.52. The monoisotopic (exact) mass is 250 g/mol. The molecule has 1 aliphatic heterocycles. The molecule has 14 heavy (non-hydrogen) atoms. The molecular weight excluding hydrogens is 244 g/mol. The number of ether oxygens (including phenoxy) is 1. The van der Waals surface area contributed by atoms with Crippen LogP contribution in [-0.4, -0.2) is 29.0 Å². The number of hydrogen-bond acceptors (Lipinski definition) is 4. The largest absolute Gasteiger partial charge is 0.480 e. The van der Waals surface area contributed by atoms with E-state index in [1.54, 1.807) is 6.07 Å². The highest BCUT2D eigenvalue weighted by Gasteiger charge is 2.47. The van der Waals surface area contributed by atoms with Gasteiger partial charge in [-0.1, -0.05) is 23.4 Å². The molecule has 0 unspecified atom stereocenters. The van der Waals surface area contributed by atoms with Crippen LogP contribution in [0, 0.1) is 0 Å². The lowest BCUT2D eigenvalue weighted by molar-refractivity contribution is -0.151. The average Bonchev–Trinajstić information content (AvgIpc) is 2.43. The molecular formula is C8H7ClO3S2. The fourth-order valence-electron chi connectivity index (χ4n) is 1.06. The highest BCUT2D eigenvalue weighted by molar-refractivity contribution is 8.03. The van der Waals surface area contributed by atoms with Crippen molar-refractivity contribution in [3.05, 3.63) is 16.5 Å². The maximum Gasteiger partial charge on any atom is 0.324 e. The molecule has 1 fully saturated rings. The van der Waals surface area contributed by atoms with Gasteiger partial charge >= 0.3 is 5.97 Å². The zero-order valence-electron chi connectivity index (χ0n) is 7.03. The maximum atomic E-state index is 11.0. The van der Waals surface area contributed by atoms with Gasteiger partial charge in [0.25, 0.3) is 0 Å². The molecule has 0 spiro atoms. The summed E-state index contributed by atoms with van der Waals surface area (Å²) in [6.45, 7) is 0.533. The average molecular weight is 251 g/mol. The Morgan fingerprint density at radius 3 is 2.71 bits per heavy atom. The Kier molecular flexibility index (Phi) is 2.74. The Bertz CT molecular complexity index is 359. The van der Waals surface area contributed by atoms with Crippen LogP contribution in [-0.2, 0) is 9.53 Å². The van der Waals surface area contributed by atoms with Crippen LogP contribution in [0.3, 0.4) is 0 Å². The first-order valence-corrected chi connectivity index (χ1v) is 5.89. The zero-order chi connectivity index (χ0) is 10.2. The van der Waals surface area contributed by atoms with Gasteiger partial charge in [0.2, 0.25) is 0 Å². The van der Waals surface area contributed by atoms with E-state index in [1.165, 1.54) is 23.1 Å². The molecule has 2 heterocycles. The van der Waals surface area contributed by atoms with Gasteiger partial charge in [-0.3, -0.25) is 4.79 Å². The smallest absolute Gasteiger partial charge is 0.324 e. The molecule has 1 aromatic rings. The molecule has 6 heteroatoms. The molecule has 0 saturated carbocycles. The first-order valence-electron chi connectivity index (χ1n) is 3.88. The van der Waals surface area contributed by atoms with Crippen LogP contribution in [0.4, 0.5) is 0 Å². The SMILES string of the molecule is O=C(O)C1(Sc2ccc(Cl)s2)COC1. The molecule has 0 bridgehead atoms. The van der Waals surface area contributed by atoms with Crippen molar-refractivity contribution in [2.75, 3.05) is 13.2 Å². The summed E-state index contributed by atoms with van der Waals surface area (Å²) in [5, 5.41) is 9.02. The van der Waals surface area contributed by atoms with Crippen molar-refractivity contribution < 1.29 is 14.6 Å². The van der Waals surface area contributed by atoms with Crippen molar-refractivity contribution in [1.29, 1.82) is 0 Å². The minimum atomic E-state index is -0.821. The number of aliphatic carboxylic acids is 1. The number of carboxylic acid groups (broad SMARTS) is 1. The Hall–Kier alpha value is -0.230. The van der Waals surface area contributed by atoms with Gasteiger partial charge in [0.15, 0.2) is 4.75 Å². The maximum absolute atomic E-state index is 11.0. The van der Waals surface area contributed by atoms with E-state index in [9.17, 15) is 4.79 Å². The number of carboxylic acids is 1. The van der Waals surface area contributed by atoms with Crippen LogP contribution in [0.25, 0.3) is 0 Å². The third kappa shape index (κ3) is 1.77. The van der Waals surface area contributed by atoms with Crippen LogP contribution < -0.4 is 0 Å². The Morgan fingerprint density at radius 1 is 1.64 bits per heavy atom. The third-order valence-corrected chi connectivity index (χ3v) is 4.57. The molecule has 0 amide bonds. The standard InChI is InChI=1S/C8H7ClO3S2/c9-5-1-2-6(13-5)14-8(7(10)11)3-12-4-8/h1-2H,3-4H2,(H,10,11). The van der Waals surface area contributed by atoms with E-state index in [2.05, 4.69) is 0 Å². The summed E-state index contributed by atoms with van der Waals surface area (Å²) in [7, 11) is 0. The van der Waals surface area contributed by atoms with Gasteiger partial charge in [0.05, 0.1) is 21.8 Å². The van der Waals surface area contributed by atoms with Gasteiger partial charge in [-0.25, -0.2) is 0 Å². The van der Waals surface area contributed by atoms with Crippen molar-refractivity contribution in [3.63, 3.8) is 0 Å². The number of thiophene rings is 1. The van der Waals surface area contributed by atoms with E-state index in [4.69, 9.17) is 21.4 Å². The molecule has 1 aliphatic rings. The molecule has 1 aromatic heterocycles. The number of rotatable bonds is 3. The van der Waals surface area contributed by atoms with Gasteiger partial charge in [0, 0.05) is 0 Å². The Balaban J connectivity index is 2.12. The van der Waals surface area contributed by atoms with E-state index in [1.807, 2.05) is 6.07 Å². The van der Waals surface area contributed by atoms with Gasteiger partial charge in [-0.15, -0.1) is 11.3 Å². The van der Waals surface area contributed by atoms with Gasteiger partial charge in [-0.05, 0) is 12.1 Å². The number of hydrogen-bond donors (Lipinski definition) is 1. The predicted octanol–water partition coefficient (Wildman–Crippen LogP) is 2.35. The van der Waals surface area contributed by atoms with E-state index in [0.29, 0.717) is 4.34 Å². The molecule has 1 saturated heterocycles. The lowest BCUT2D eigenvalue weighted by Gasteiger charge is -2.35. The van der Waals surface area contributed by atoms with Crippen LogP contribution in [0.15, 0.2) is 16.3 Å². The molecule has 0 aliphatic carbocycles. The summed E-state index contributed by atoms with van der Waals surface area (Å²) < 4.78 is 5.74. The molecule has 0 radical (unpaired) electrons. The predicted molar refractivity (Wildman–Crippen MR) is 56.4 cm³/mol. The summed E-state index contributed by atoms with van der Waals surface area (Å²) in [6.07, 6.45) is 0. The van der Waals surface area contributed by atoms with E-state index in [-0.39, 0.29) is 13.2 Å². The van der Waals surface area contributed by atoms with Crippen LogP contribution in [0.2, 0.25) is 4.34 Å². The van der Waals surface area contributed by atoms with Crippen molar-refractivity contribution in [2.24, 2.45) is 0 Å². The lowest BCUT2D eigenvalue weighted by atomic mass is 10.1. The molecule has 3 nitrogen and oxygen atoms in total. The van der Waals surface area contributed by atoms with Gasteiger partial charge < -0.3 is 9.84 Å². The number of halogens is 1. The van der Waals surface area contributed by atoms with Crippen molar-refractivity contribution in [3.8, 4) is 0 Å². The first kappa shape index (κ1) is 10.3. The minimum Gasteiger partial charge on any atom is -0.480 e. The molecule has 1 N–H and O–H groups in total. The quantitative estimate of drug-likeness (QED) is 0.895. The van der Waals surface area contributed by atoms with Gasteiger partial charge in [-0.2, -0.15) is 0 Å². The van der Waals surface area contributed by atoms with E-state index in [0.717, 1.165) is 4.21 Å². The molecule has 76 valence electrons. The summed E-state index contributed by atoms with van der Waals surface area (Å²) in [6, 6.07) is 3.60. The normalized spacial score (nSPS) is 18.9. The number of thioether (sulfide) groups is 1. The van der Waals surface area contributed by atoms with Crippen LogP contribution >= 0.6 is 34.7 Å². The summed E-state index contributed by atoms with van der Waals surface area (Å²) in [4.78, 5) is 11.0. The summed E-state index contributed by atoms with van der Waals surface area (Å²) in [5.41, 5.74) is 0. The highest BCUT2D eigenvalue weighted by atomic mass is 35.5. The molecule has 0 atom stereocenters. The first-order chi connectivity index (χ1) is 6.62. The van der Waals surface area contributed by atoms with E-state index >= 15 is 0 Å². The molecule has 0 aromatic carbocycles. The van der Waals surface area contributed by atoms with Crippen LogP contribution in [0.1, 0.15) is 0 Å². The van der Waals surface area contributed by atoms with Gasteiger partial charge in [0.1, 0.15) is 0 Å². The fourth-order valence-corrected chi connectivity index (χ4v) is 3.78. The summed E-state index contributed by atoms with van der Waals surface area (Å²) >= 11 is 8.46. The zero-order valence-corrected chi connectivity index (χ0v) is 9.42. The third-order valence-electron chi connectivity index (χ3n) is 1.90. The Morgan fingerprint density at radius 2 is 2.36 bits per heavy atom. The van der Waals surface area contributed by atoms with Crippen molar-refractivity contribution in [2.45, 2.75) is 8.96 Å². The second kappa shape index (κ2) is 3.73. The van der Waals surface area contributed by atoms with Crippen LogP contribution in [0.5, 0.6) is 0 Å². The number of carbonyl (C=O) groups is 1. The topological polar surface area (TPSA) is 46.5 Å². The minimum absolute atomic E-state index is 0.266. The molecule has 2 rings (SSSR count). The van der Waals surface area contributed by atoms with Crippen molar-refractivity contribution in [1.82, 2.24) is 0 Å². The van der Waals surface area contributed by atoms with E-state index < -0.39 is 10.7 Å². The summed E-state index contributed by atoms with van der Waals surface area (Å²) in [5.74, 6) is -0.821. The fraction of sp³-hybridized carbons (Fsp3) is 0.375.